The zero-order valence-electron chi connectivity index (χ0n) is 14.6. The summed E-state index contributed by atoms with van der Waals surface area (Å²) >= 11 is 1.61. The summed E-state index contributed by atoms with van der Waals surface area (Å²) in [7, 11) is 0. The molecule has 3 nitrogen and oxygen atoms in total. The molecule has 3 aromatic rings. The molecule has 0 aliphatic carbocycles. The topological polar surface area (TPSA) is 38.3 Å². The number of rotatable bonds is 7. The average molecular weight is 363 g/mol. The maximum absolute atomic E-state index is 12.6. The molecular weight excluding hydrogens is 342 g/mol. The van der Waals surface area contributed by atoms with Crippen molar-refractivity contribution in [2.75, 3.05) is 5.32 Å². The minimum absolute atomic E-state index is 0.0324. The van der Waals surface area contributed by atoms with Gasteiger partial charge in [-0.15, -0.1) is 11.8 Å². The van der Waals surface area contributed by atoms with E-state index < -0.39 is 0 Å². The van der Waals surface area contributed by atoms with Crippen molar-refractivity contribution in [3.8, 4) is 11.5 Å². The number of amides is 1. The van der Waals surface area contributed by atoms with Crippen LogP contribution < -0.4 is 10.1 Å². The van der Waals surface area contributed by atoms with E-state index >= 15 is 0 Å². The molecule has 132 valence electrons. The second kappa shape index (κ2) is 9.11. The highest BCUT2D eigenvalue weighted by atomic mass is 32.2. The van der Waals surface area contributed by atoms with Gasteiger partial charge in [-0.25, -0.2) is 0 Å². The minimum Gasteiger partial charge on any atom is -0.455 e. The van der Waals surface area contributed by atoms with Crippen molar-refractivity contribution in [1.29, 1.82) is 0 Å². The van der Waals surface area contributed by atoms with E-state index in [0.29, 0.717) is 11.4 Å². The average Bonchev–Trinajstić information content (AvgIpc) is 2.69. The van der Waals surface area contributed by atoms with E-state index in [0.717, 1.165) is 11.5 Å². The molecule has 1 N–H and O–H groups in total. The van der Waals surface area contributed by atoms with Gasteiger partial charge in [0, 0.05) is 5.75 Å². The molecule has 0 bridgehead atoms. The number of carbonyl (C=O) groups is 1. The summed E-state index contributed by atoms with van der Waals surface area (Å²) in [5.74, 6) is 2.14. The minimum atomic E-state index is -0.167. The fourth-order valence-corrected chi connectivity index (χ4v) is 3.23. The van der Waals surface area contributed by atoms with E-state index in [1.807, 2.05) is 79.7 Å². The SMILES string of the molecule is C[C@@H](SCc1ccccc1)C(=O)Nc1ccccc1Oc1ccccc1. The first-order valence-corrected chi connectivity index (χ1v) is 9.55. The van der Waals surface area contributed by atoms with Gasteiger partial charge in [0.05, 0.1) is 10.9 Å². The highest BCUT2D eigenvalue weighted by molar-refractivity contribution is 7.99. The maximum Gasteiger partial charge on any atom is 0.237 e. The summed E-state index contributed by atoms with van der Waals surface area (Å²) in [6.45, 7) is 1.92. The van der Waals surface area contributed by atoms with Crippen LogP contribution in [-0.4, -0.2) is 11.2 Å². The van der Waals surface area contributed by atoms with Gasteiger partial charge in [0.15, 0.2) is 5.75 Å². The summed E-state index contributed by atoms with van der Waals surface area (Å²) in [5, 5.41) is 2.82. The van der Waals surface area contributed by atoms with E-state index in [-0.39, 0.29) is 11.2 Å². The Hall–Kier alpha value is -2.72. The lowest BCUT2D eigenvalue weighted by Crippen LogP contribution is -2.22. The Morgan fingerprint density at radius 2 is 1.54 bits per heavy atom. The Labute approximate surface area is 158 Å². The summed E-state index contributed by atoms with van der Waals surface area (Å²) < 4.78 is 5.90. The summed E-state index contributed by atoms with van der Waals surface area (Å²) in [6.07, 6.45) is 0. The van der Waals surface area contributed by atoms with Crippen molar-refractivity contribution in [1.82, 2.24) is 0 Å². The molecule has 26 heavy (non-hydrogen) atoms. The number of thioether (sulfide) groups is 1. The quantitative estimate of drug-likeness (QED) is 0.582. The van der Waals surface area contributed by atoms with Crippen molar-refractivity contribution >= 4 is 23.4 Å². The van der Waals surface area contributed by atoms with Crippen LogP contribution in [0.1, 0.15) is 12.5 Å². The van der Waals surface area contributed by atoms with Crippen molar-refractivity contribution < 1.29 is 9.53 Å². The van der Waals surface area contributed by atoms with Crippen LogP contribution in [0.15, 0.2) is 84.9 Å². The van der Waals surface area contributed by atoms with E-state index in [2.05, 4.69) is 17.4 Å². The number of benzene rings is 3. The zero-order valence-corrected chi connectivity index (χ0v) is 15.4. The lowest BCUT2D eigenvalue weighted by atomic mass is 10.2. The molecule has 3 rings (SSSR count). The van der Waals surface area contributed by atoms with Crippen LogP contribution in [-0.2, 0) is 10.5 Å². The second-order valence-corrected chi connectivity index (χ2v) is 7.17. The fourth-order valence-electron chi connectivity index (χ4n) is 2.38. The normalized spacial score (nSPS) is 11.6. The van der Waals surface area contributed by atoms with Crippen LogP contribution in [0.5, 0.6) is 11.5 Å². The van der Waals surface area contributed by atoms with E-state index in [4.69, 9.17) is 4.74 Å². The van der Waals surface area contributed by atoms with Crippen LogP contribution in [0, 0.1) is 0 Å². The molecule has 0 spiro atoms. The van der Waals surface area contributed by atoms with Gasteiger partial charge in [0.25, 0.3) is 0 Å². The second-order valence-electron chi connectivity index (χ2n) is 5.84. The molecule has 0 saturated heterocycles. The highest BCUT2D eigenvalue weighted by Gasteiger charge is 2.15. The largest absolute Gasteiger partial charge is 0.455 e. The van der Waals surface area contributed by atoms with Gasteiger partial charge in [-0.1, -0.05) is 60.7 Å². The maximum atomic E-state index is 12.6. The highest BCUT2D eigenvalue weighted by Crippen LogP contribution is 2.30. The number of anilines is 1. The van der Waals surface area contributed by atoms with Crippen LogP contribution in [0.2, 0.25) is 0 Å². The van der Waals surface area contributed by atoms with Gasteiger partial charge in [-0.05, 0) is 36.8 Å². The monoisotopic (exact) mass is 363 g/mol. The number of para-hydroxylation sites is 3. The van der Waals surface area contributed by atoms with E-state index in [9.17, 15) is 4.79 Å². The van der Waals surface area contributed by atoms with Crippen LogP contribution in [0.3, 0.4) is 0 Å². The lowest BCUT2D eigenvalue weighted by Gasteiger charge is -2.15. The Morgan fingerprint density at radius 3 is 2.27 bits per heavy atom. The Balaban J connectivity index is 1.62. The van der Waals surface area contributed by atoms with Gasteiger partial charge >= 0.3 is 0 Å². The zero-order chi connectivity index (χ0) is 18.2. The summed E-state index contributed by atoms with van der Waals surface area (Å²) in [4.78, 5) is 12.6. The first-order chi connectivity index (χ1) is 12.7. The molecule has 0 heterocycles. The van der Waals surface area contributed by atoms with Gasteiger partial charge in [0.2, 0.25) is 5.91 Å². The summed E-state index contributed by atoms with van der Waals surface area (Å²) in [6, 6.07) is 27.2. The number of hydrogen-bond donors (Lipinski definition) is 1. The van der Waals surface area contributed by atoms with Gasteiger partial charge in [-0.2, -0.15) is 0 Å². The molecule has 1 atom stereocenters. The number of hydrogen-bond acceptors (Lipinski definition) is 3. The Morgan fingerprint density at radius 1 is 0.923 bits per heavy atom. The molecule has 0 aliphatic rings. The molecular formula is C22H21NO2S. The van der Waals surface area contributed by atoms with Gasteiger partial charge < -0.3 is 10.1 Å². The van der Waals surface area contributed by atoms with Crippen molar-refractivity contribution in [3.05, 3.63) is 90.5 Å². The summed E-state index contributed by atoms with van der Waals surface area (Å²) in [5.41, 5.74) is 1.89. The van der Waals surface area contributed by atoms with E-state index in [1.165, 1.54) is 5.56 Å². The van der Waals surface area contributed by atoms with Gasteiger partial charge in [-0.3, -0.25) is 4.79 Å². The van der Waals surface area contributed by atoms with Gasteiger partial charge in [0.1, 0.15) is 5.75 Å². The smallest absolute Gasteiger partial charge is 0.237 e. The predicted octanol–water partition coefficient (Wildman–Crippen LogP) is 5.74. The standard InChI is InChI=1S/C22H21NO2S/c1-17(26-16-18-10-4-2-5-11-18)22(24)23-20-14-8-9-15-21(20)25-19-12-6-3-7-13-19/h2-15,17H,16H2,1H3,(H,23,24)/t17-/m1/s1. The molecule has 0 radical (unpaired) electrons. The number of nitrogens with one attached hydrogen (secondary N) is 1. The third kappa shape index (κ3) is 5.14. The Kier molecular flexibility index (Phi) is 6.34. The first-order valence-electron chi connectivity index (χ1n) is 8.51. The number of ether oxygens (including phenoxy) is 1. The van der Waals surface area contributed by atoms with Crippen molar-refractivity contribution in [3.63, 3.8) is 0 Å². The van der Waals surface area contributed by atoms with Crippen molar-refractivity contribution in [2.45, 2.75) is 17.9 Å². The Bertz CT molecular complexity index is 837. The van der Waals surface area contributed by atoms with Crippen molar-refractivity contribution in [2.24, 2.45) is 0 Å². The van der Waals surface area contributed by atoms with Crippen LogP contribution >= 0.6 is 11.8 Å². The molecule has 0 fully saturated rings. The van der Waals surface area contributed by atoms with Crippen LogP contribution in [0.4, 0.5) is 5.69 Å². The molecule has 0 aromatic heterocycles. The molecule has 1 amide bonds. The molecule has 0 aliphatic heterocycles. The number of carbonyl (C=O) groups excluding carboxylic acids is 1. The van der Waals surface area contributed by atoms with E-state index in [1.54, 1.807) is 11.8 Å². The molecule has 3 aromatic carbocycles. The molecule has 0 unspecified atom stereocenters. The van der Waals surface area contributed by atoms with Crippen LogP contribution in [0.25, 0.3) is 0 Å². The predicted molar refractivity (Wildman–Crippen MR) is 109 cm³/mol. The molecule has 4 heteroatoms. The third-order valence-corrected chi connectivity index (χ3v) is 5.04. The third-order valence-electron chi connectivity index (χ3n) is 3.83. The molecule has 0 saturated carbocycles. The lowest BCUT2D eigenvalue weighted by molar-refractivity contribution is -0.115. The first kappa shape index (κ1) is 18.1. The fraction of sp³-hybridized carbons (Fsp3) is 0.136.